The number of hydrogen-bond acceptors (Lipinski definition) is 2. The third-order valence-electron chi connectivity index (χ3n) is 2.90. The van der Waals surface area contributed by atoms with Gasteiger partial charge < -0.3 is 9.88 Å². The van der Waals surface area contributed by atoms with Crippen molar-refractivity contribution in [2.75, 3.05) is 13.1 Å². The van der Waals surface area contributed by atoms with Gasteiger partial charge in [0.25, 0.3) is 5.56 Å². The standard InChI is InChI=1S/C11H17N3O/c1-9-12-10(7-11(15)13-9)8-14-5-3-2-4-6-14/h7H,2-6,8H2,1H3,(H,12,13,15)/p+1. The molecule has 1 aliphatic heterocycles. The van der Waals surface area contributed by atoms with E-state index < -0.39 is 0 Å². The quantitative estimate of drug-likeness (QED) is 0.698. The largest absolute Gasteiger partial charge is 0.330 e. The number of rotatable bonds is 2. The van der Waals surface area contributed by atoms with E-state index in [9.17, 15) is 4.79 Å². The van der Waals surface area contributed by atoms with Gasteiger partial charge >= 0.3 is 0 Å². The van der Waals surface area contributed by atoms with Crippen LogP contribution < -0.4 is 10.5 Å². The molecule has 0 saturated carbocycles. The van der Waals surface area contributed by atoms with Crippen molar-refractivity contribution in [3.63, 3.8) is 0 Å². The molecule has 0 bridgehead atoms. The lowest BCUT2D eigenvalue weighted by atomic mass is 10.1. The van der Waals surface area contributed by atoms with Gasteiger partial charge in [-0.05, 0) is 26.2 Å². The third-order valence-corrected chi connectivity index (χ3v) is 2.90. The molecule has 15 heavy (non-hydrogen) atoms. The van der Waals surface area contributed by atoms with Crippen LogP contribution in [0, 0.1) is 6.92 Å². The van der Waals surface area contributed by atoms with Gasteiger partial charge in [-0.1, -0.05) is 0 Å². The SMILES string of the molecule is Cc1nc(C[NH+]2CCCCC2)cc(=O)[nH]1. The molecule has 2 heterocycles. The van der Waals surface area contributed by atoms with Crippen LogP contribution >= 0.6 is 0 Å². The van der Waals surface area contributed by atoms with Crippen molar-refractivity contribution >= 4 is 0 Å². The average molecular weight is 208 g/mol. The van der Waals surface area contributed by atoms with E-state index in [-0.39, 0.29) is 5.56 Å². The van der Waals surface area contributed by atoms with Crippen molar-refractivity contribution in [2.24, 2.45) is 0 Å². The maximum absolute atomic E-state index is 11.2. The topological polar surface area (TPSA) is 50.2 Å². The van der Waals surface area contributed by atoms with E-state index in [0.29, 0.717) is 5.82 Å². The van der Waals surface area contributed by atoms with Crippen LogP contribution in [-0.2, 0) is 6.54 Å². The summed E-state index contributed by atoms with van der Waals surface area (Å²) in [5, 5.41) is 0. The fourth-order valence-corrected chi connectivity index (χ4v) is 2.22. The summed E-state index contributed by atoms with van der Waals surface area (Å²) in [6.07, 6.45) is 3.96. The normalized spacial score (nSPS) is 17.9. The zero-order valence-corrected chi connectivity index (χ0v) is 9.18. The first-order valence-electron chi connectivity index (χ1n) is 5.64. The lowest BCUT2D eigenvalue weighted by molar-refractivity contribution is -0.918. The first kappa shape index (κ1) is 10.4. The molecule has 0 unspecified atom stereocenters. The summed E-state index contributed by atoms with van der Waals surface area (Å²) >= 11 is 0. The monoisotopic (exact) mass is 208 g/mol. The molecule has 0 radical (unpaired) electrons. The van der Waals surface area contributed by atoms with Crippen LogP contribution in [0.15, 0.2) is 10.9 Å². The zero-order chi connectivity index (χ0) is 10.7. The van der Waals surface area contributed by atoms with E-state index in [1.54, 1.807) is 11.0 Å². The van der Waals surface area contributed by atoms with Gasteiger partial charge in [0, 0.05) is 6.07 Å². The number of likely N-dealkylation sites (tertiary alicyclic amines) is 1. The highest BCUT2D eigenvalue weighted by Crippen LogP contribution is 1.96. The molecule has 1 aliphatic rings. The van der Waals surface area contributed by atoms with Gasteiger partial charge in [-0.15, -0.1) is 0 Å². The van der Waals surface area contributed by atoms with E-state index in [4.69, 9.17) is 0 Å². The minimum absolute atomic E-state index is 0.0334. The van der Waals surface area contributed by atoms with Crippen molar-refractivity contribution < 1.29 is 4.90 Å². The Morgan fingerprint density at radius 3 is 2.80 bits per heavy atom. The molecule has 1 aromatic rings. The second kappa shape index (κ2) is 4.57. The fourth-order valence-electron chi connectivity index (χ4n) is 2.22. The van der Waals surface area contributed by atoms with Gasteiger partial charge in [0.15, 0.2) is 0 Å². The molecular formula is C11H18N3O+. The molecule has 4 nitrogen and oxygen atoms in total. The summed E-state index contributed by atoms with van der Waals surface area (Å²) in [5.41, 5.74) is 0.891. The van der Waals surface area contributed by atoms with E-state index >= 15 is 0 Å². The maximum atomic E-state index is 11.2. The van der Waals surface area contributed by atoms with Gasteiger partial charge in [0.2, 0.25) is 0 Å². The van der Waals surface area contributed by atoms with Crippen LogP contribution in [0.5, 0.6) is 0 Å². The number of hydrogen-bond donors (Lipinski definition) is 2. The number of nitrogens with zero attached hydrogens (tertiary/aromatic N) is 1. The van der Waals surface area contributed by atoms with Gasteiger partial charge in [0.05, 0.1) is 13.1 Å². The van der Waals surface area contributed by atoms with Gasteiger partial charge in [-0.2, -0.15) is 0 Å². The smallest absolute Gasteiger partial charge is 0.251 e. The van der Waals surface area contributed by atoms with E-state index in [1.807, 2.05) is 6.92 Å². The molecular weight excluding hydrogens is 190 g/mol. The first-order chi connectivity index (χ1) is 7.24. The molecule has 0 spiro atoms. The molecule has 0 aromatic carbocycles. The van der Waals surface area contributed by atoms with E-state index in [2.05, 4.69) is 9.97 Å². The third kappa shape index (κ3) is 2.89. The molecule has 0 aliphatic carbocycles. The Bertz CT molecular complexity index is 380. The molecule has 82 valence electrons. The summed E-state index contributed by atoms with van der Waals surface area (Å²) in [4.78, 5) is 19.8. The molecule has 0 amide bonds. The van der Waals surface area contributed by atoms with Crippen LogP contribution in [0.1, 0.15) is 30.8 Å². The Labute approximate surface area is 89.3 Å². The Morgan fingerprint density at radius 1 is 1.40 bits per heavy atom. The second-order valence-corrected chi connectivity index (χ2v) is 4.31. The van der Waals surface area contributed by atoms with Gasteiger partial charge in [-0.25, -0.2) is 4.98 Å². The Hall–Kier alpha value is -1.16. The van der Waals surface area contributed by atoms with Crippen LogP contribution in [0.3, 0.4) is 0 Å². The van der Waals surface area contributed by atoms with E-state index in [0.717, 1.165) is 12.2 Å². The van der Waals surface area contributed by atoms with Crippen LogP contribution in [0.25, 0.3) is 0 Å². The summed E-state index contributed by atoms with van der Waals surface area (Å²) in [7, 11) is 0. The molecule has 2 N–H and O–H groups in total. The number of aryl methyl sites for hydroxylation is 1. The lowest BCUT2D eigenvalue weighted by Gasteiger charge is -2.22. The highest BCUT2D eigenvalue weighted by atomic mass is 16.1. The summed E-state index contributed by atoms with van der Waals surface area (Å²) in [5.74, 6) is 0.717. The molecule has 1 saturated heterocycles. The molecule has 0 atom stereocenters. The number of nitrogens with one attached hydrogen (secondary N) is 2. The van der Waals surface area contributed by atoms with Crippen molar-refractivity contribution in [3.05, 3.63) is 27.9 Å². The fraction of sp³-hybridized carbons (Fsp3) is 0.636. The maximum Gasteiger partial charge on any atom is 0.251 e. The van der Waals surface area contributed by atoms with Crippen molar-refractivity contribution in [1.29, 1.82) is 0 Å². The van der Waals surface area contributed by atoms with Gasteiger partial charge in [0.1, 0.15) is 18.1 Å². The average Bonchev–Trinajstić information content (AvgIpc) is 2.17. The van der Waals surface area contributed by atoms with Crippen molar-refractivity contribution in [2.45, 2.75) is 32.7 Å². The van der Waals surface area contributed by atoms with Crippen LogP contribution in [0.2, 0.25) is 0 Å². The molecule has 1 aromatic heterocycles. The van der Waals surface area contributed by atoms with Crippen LogP contribution in [-0.4, -0.2) is 23.1 Å². The lowest BCUT2D eigenvalue weighted by Crippen LogP contribution is -3.11. The minimum Gasteiger partial charge on any atom is -0.330 e. The summed E-state index contributed by atoms with van der Waals surface area (Å²) in [6.45, 7) is 5.16. The van der Waals surface area contributed by atoms with Crippen molar-refractivity contribution in [3.8, 4) is 0 Å². The molecule has 4 heteroatoms. The minimum atomic E-state index is -0.0334. The predicted octanol–water partition coefficient (Wildman–Crippen LogP) is -0.353. The Morgan fingerprint density at radius 2 is 2.13 bits per heavy atom. The molecule has 2 rings (SSSR count). The Balaban J connectivity index is 2.06. The highest BCUT2D eigenvalue weighted by molar-refractivity contribution is 5.00. The number of aromatic amines is 1. The summed E-state index contributed by atoms with van der Waals surface area (Å²) in [6, 6.07) is 1.62. The predicted molar refractivity (Wildman–Crippen MR) is 57.8 cm³/mol. The highest BCUT2D eigenvalue weighted by Gasteiger charge is 2.14. The second-order valence-electron chi connectivity index (χ2n) is 4.31. The number of quaternary nitrogens is 1. The first-order valence-corrected chi connectivity index (χ1v) is 5.64. The van der Waals surface area contributed by atoms with Crippen LogP contribution in [0.4, 0.5) is 0 Å². The number of H-pyrrole nitrogens is 1. The number of aromatic nitrogens is 2. The zero-order valence-electron chi connectivity index (χ0n) is 9.18. The van der Waals surface area contributed by atoms with E-state index in [1.165, 1.54) is 32.4 Å². The Kier molecular flexibility index (Phi) is 3.16. The van der Waals surface area contributed by atoms with Crippen molar-refractivity contribution in [1.82, 2.24) is 9.97 Å². The van der Waals surface area contributed by atoms with Gasteiger partial charge in [-0.3, -0.25) is 4.79 Å². The molecule has 1 fully saturated rings. The number of piperidine rings is 1. The summed E-state index contributed by atoms with van der Waals surface area (Å²) < 4.78 is 0.